The summed E-state index contributed by atoms with van der Waals surface area (Å²) in [6.07, 6.45) is 0. The Morgan fingerprint density at radius 3 is 1.24 bits per heavy atom. The van der Waals surface area contributed by atoms with Gasteiger partial charge in [-0.05, 0) is 121 Å². The molecule has 0 spiro atoms. The molecule has 11 aromatic rings. The van der Waals surface area contributed by atoms with Crippen molar-refractivity contribution in [2.24, 2.45) is 0 Å². The highest BCUT2D eigenvalue weighted by molar-refractivity contribution is 5.94. The van der Waals surface area contributed by atoms with Gasteiger partial charge in [0.1, 0.15) is 0 Å². The van der Waals surface area contributed by atoms with Gasteiger partial charge in [0.05, 0.1) is 22.2 Å². The Balaban J connectivity index is 1.10. The molecule has 0 saturated carbocycles. The van der Waals surface area contributed by atoms with Crippen LogP contribution in [0, 0.1) is 0 Å². The Hall–Kier alpha value is -8.98. The van der Waals surface area contributed by atoms with Crippen molar-refractivity contribution in [1.29, 1.82) is 0 Å². The standard InChI is InChI=1S/C68H48N2/c1-7-23-49(24-8-1)50-39-41-56(42-40-50)69(57-43-45-60-59-35-19-20-36-61(59)67(64(60)47-57,51-25-9-2-10-26-51)52-27-11-3-12-28-52)58-44-46-63-66(48-58)70(55-33-17-6-18-34-55)65-38-22-21-37-62(65)68(63,53-29-13-4-14-30-53)54-31-15-5-16-32-54/h1-48H. The fraction of sp³-hybridized carbons (Fsp3) is 0.0294. The van der Waals surface area contributed by atoms with Crippen LogP contribution in [0.5, 0.6) is 0 Å². The van der Waals surface area contributed by atoms with Crippen LogP contribution in [0.25, 0.3) is 22.3 Å². The van der Waals surface area contributed by atoms with Gasteiger partial charge in [-0.1, -0.05) is 237 Å². The van der Waals surface area contributed by atoms with Crippen molar-refractivity contribution in [3.05, 3.63) is 336 Å². The lowest BCUT2D eigenvalue weighted by molar-refractivity contribution is 0.731. The average Bonchev–Trinajstić information content (AvgIpc) is 3.74. The molecule has 0 aromatic heterocycles. The SMILES string of the molecule is c1ccc(-c2ccc(N(c3ccc4c(c3)N(c3ccccc3)c3ccccc3C4(c3ccccc3)c3ccccc3)c3ccc4c(c3)C(c3ccccc3)(c3ccccc3)c3ccccc3-4)cc2)cc1. The molecule has 1 aliphatic heterocycles. The molecule has 11 aromatic carbocycles. The van der Waals surface area contributed by atoms with Crippen molar-refractivity contribution >= 4 is 34.1 Å². The van der Waals surface area contributed by atoms with Crippen molar-refractivity contribution in [3.63, 3.8) is 0 Å². The zero-order valence-electron chi connectivity index (χ0n) is 38.6. The fourth-order valence-electron chi connectivity index (χ4n) is 11.9. The number of benzene rings is 11. The number of rotatable bonds is 9. The lowest BCUT2D eigenvalue weighted by Gasteiger charge is -2.47. The Bertz CT molecular complexity index is 3550. The first kappa shape index (κ1) is 41.2. The summed E-state index contributed by atoms with van der Waals surface area (Å²) >= 11 is 0. The van der Waals surface area contributed by atoms with Gasteiger partial charge in [0.2, 0.25) is 0 Å². The largest absolute Gasteiger partial charge is 0.310 e. The van der Waals surface area contributed by atoms with Crippen molar-refractivity contribution < 1.29 is 0 Å². The number of hydrogen-bond acceptors (Lipinski definition) is 2. The van der Waals surface area contributed by atoms with Gasteiger partial charge in [0.15, 0.2) is 0 Å². The van der Waals surface area contributed by atoms with E-state index < -0.39 is 10.8 Å². The van der Waals surface area contributed by atoms with Gasteiger partial charge in [-0.25, -0.2) is 0 Å². The van der Waals surface area contributed by atoms with Crippen LogP contribution in [0.3, 0.4) is 0 Å². The zero-order chi connectivity index (χ0) is 46.5. The number of hydrogen-bond donors (Lipinski definition) is 0. The summed E-state index contributed by atoms with van der Waals surface area (Å²) in [4.78, 5) is 4.94. The zero-order valence-corrected chi connectivity index (χ0v) is 38.6. The maximum atomic E-state index is 2.48. The summed E-state index contributed by atoms with van der Waals surface area (Å²) in [5, 5.41) is 0. The van der Waals surface area contributed by atoms with E-state index in [2.05, 4.69) is 301 Å². The van der Waals surface area contributed by atoms with Crippen LogP contribution in [0.2, 0.25) is 0 Å². The first-order valence-electron chi connectivity index (χ1n) is 24.3. The predicted octanol–water partition coefficient (Wildman–Crippen LogP) is 17.4. The normalized spacial score (nSPS) is 13.6. The van der Waals surface area contributed by atoms with Crippen LogP contribution in [0.4, 0.5) is 34.1 Å². The maximum absolute atomic E-state index is 2.48. The molecule has 0 bridgehead atoms. The Morgan fingerprint density at radius 2 is 0.657 bits per heavy atom. The molecule has 0 atom stereocenters. The van der Waals surface area contributed by atoms with E-state index in [9.17, 15) is 0 Å². The van der Waals surface area contributed by atoms with E-state index in [4.69, 9.17) is 0 Å². The lowest BCUT2D eigenvalue weighted by Crippen LogP contribution is -2.37. The van der Waals surface area contributed by atoms with Crippen molar-refractivity contribution in [3.8, 4) is 22.3 Å². The van der Waals surface area contributed by atoms with Crippen LogP contribution in [-0.2, 0) is 10.8 Å². The van der Waals surface area contributed by atoms with Gasteiger partial charge >= 0.3 is 0 Å². The molecule has 0 amide bonds. The highest BCUT2D eigenvalue weighted by Gasteiger charge is 2.48. The quantitative estimate of drug-likeness (QED) is 0.142. The predicted molar refractivity (Wildman–Crippen MR) is 290 cm³/mol. The number of anilines is 6. The van der Waals surface area contributed by atoms with Gasteiger partial charge < -0.3 is 9.80 Å². The summed E-state index contributed by atoms with van der Waals surface area (Å²) in [5.74, 6) is 0. The molecule has 13 rings (SSSR count). The van der Waals surface area contributed by atoms with Crippen LogP contribution in [0.1, 0.15) is 44.5 Å². The van der Waals surface area contributed by atoms with E-state index in [1.165, 1.54) is 66.8 Å². The van der Waals surface area contributed by atoms with Crippen LogP contribution in [0.15, 0.2) is 291 Å². The van der Waals surface area contributed by atoms with Crippen LogP contribution in [-0.4, -0.2) is 0 Å². The molecule has 70 heavy (non-hydrogen) atoms. The summed E-state index contributed by atoms with van der Waals surface area (Å²) < 4.78 is 0. The first-order chi connectivity index (χ1) is 34.7. The summed E-state index contributed by atoms with van der Waals surface area (Å²) in [6.45, 7) is 0. The molecule has 330 valence electrons. The van der Waals surface area contributed by atoms with Crippen molar-refractivity contribution in [1.82, 2.24) is 0 Å². The summed E-state index contributed by atoms with van der Waals surface area (Å²) in [6, 6.07) is 107. The molecule has 1 aliphatic carbocycles. The molecule has 0 saturated heterocycles. The smallest absolute Gasteiger partial charge is 0.0742 e. The molecule has 2 aliphatic rings. The van der Waals surface area contributed by atoms with Crippen LogP contribution < -0.4 is 9.80 Å². The van der Waals surface area contributed by atoms with Gasteiger partial charge in [-0.15, -0.1) is 0 Å². The highest BCUT2D eigenvalue weighted by Crippen LogP contribution is 2.60. The van der Waals surface area contributed by atoms with Gasteiger partial charge in [0, 0.05) is 22.7 Å². The van der Waals surface area contributed by atoms with E-state index in [0.29, 0.717) is 0 Å². The highest BCUT2D eigenvalue weighted by atomic mass is 15.2. The van der Waals surface area contributed by atoms with Gasteiger partial charge in [-0.2, -0.15) is 0 Å². The third-order valence-corrected chi connectivity index (χ3v) is 14.8. The molecule has 0 N–H and O–H groups in total. The van der Waals surface area contributed by atoms with E-state index in [1.54, 1.807) is 0 Å². The van der Waals surface area contributed by atoms with Gasteiger partial charge in [0.25, 0.3) is 0 Å². The third-order valence-electron chi connectivity index (χ3n) is 14.8. The second-order valence-corrected chi connectivity index (χ2v) is 18.4. The molecular formula is C68H48N2. The first-order valence-corrected chi connectivity index (χ1v) is 24.3. The Morgan fingerprint density at radius 1 is 0.257 bits per heavy atom. The fourth-order valence-corrected chi connectivity index (χ4v) is 11.9. The molecule has 2 nitrogen and oxygen atoms in total. The van der Waals surface area contributed by atoms with Crippen LogP contribution >= 0.6 is 0 Å². The average molecular weight is 893 g/mol. The number of para-hydroxylation sites is 2. The second-order valence-electron chi connectivity index (χ2n) is 18.4. The molecule has 0 radical (unpaired) electrons. The molecule has 0 fully saturated rings. The van der Waals surface area contributed by atoms with Gasteiger partial charge in [-0.3, -0.25) is 0 Å². The van der Waals surface area contributed by atoms with E-state index in [0.717, 1.165) is 34.1 Å². The molecule has 2 heteroatoms. The van der Waals surface area contributed by atoms with Crippen molar-refractivity contribution in [2.75, 3.05) is 9.80 Å². The molecule has 1 heterocycles. The van der Waals surface area contributed by atoms with E-state index >= 15 is 0 Å². The topological polar surface area (TPSA) is 6.48 Å². The summed E-state index contributed by atoms with van der Waals surface area (Å²) in [7, 11) is 0. The Kier molecular flexibility index (Phi) is 9.99. The van der Waals surface area contributed by atoms with E-state index in [1.807, 2.05) is 0 Å². The third kappa shape index (κ3) is 6.34. The molecule has 0 unspecified atom stereocenters. The Labute approximate surface area is 410 Å². The second kappa shape index (κ2) is 17.0. The van der Waals surface area contributed by atoms with E-state index in [-0.39, 0.29) is 0 Å². The maximum Gasteiger partial charge on any atom is 0.0742 e. The minimum atomic E-state index is -0.620. The monoisotopic (exact) mass is 892 g/mol. The lowest BCUT2D eigenvalue weighted by atomic mass is 9.62. The number of nitrogens with zero attached hydrogens (tertiary/aromatic N) is 2. The minimum Gasteiger partial charge on any atom is -0.310 e. The number of fused-ring (bicyclic) bond motifs is 5. The van der Waals surface area contributed by atoms with Crippen molar-refractivity contribution in [2.45, 2.75) is 10.8 Å². The summed E-state index contributed by atoms with van der Waals surface area (Å²) in [5.41, 5.74) is 20.2. The minimum absolute atomic E-state index is 0.554. The molecular weight excluding hydrogens is 845 g/mol.